The van der Waals surface area contributed by atoms with Gasteiger partial charge in [0.05, 0.1) is 7.11 Å². The van der Waals surface area contributed by atoms with Crippen LogP contribution in [-0.2, 0) is 0 Å². The van der Waals surface area contributed by atoms with Crippen molar-refractivity contribution in [2.24, 2.45) is 0 Å². The number of hydrogen-bond acceptors (Lipinski definition) is 2. The number of aromatic hydroxyl groups is 1. The highest BCUT2D eigenvalue weighted by Crippen LogP contribution is 2.49. The lowest BCUT2D eigenvalue weighted by atomic mass is 9.84. The van der Waals surface area contributed by atoms with Crippen LogP contribution in [0.5, 0.6) is 11.5 Å². The number of benzene rings is 5. The monoisotopic (exact) mass is 428 g/mol. The summed E-state index contributed by atoms with van der Waals surface area (Å²) in [5.74, 6) is 1.05. The number of methoxy groups -OCH3 is 1. The number of rotatable bonds is 5. The van der Waals surface area contributed by atoms with Crippen molar-refractivity contribution in [3.63, 3.8) is 0 Å². The second kappa shape index (κ2) is 9.05. The Hall–Kier alpha value is -4.30. The van der Waals surface area contributed by atoms with E-state index in [0.29, 0.717) is 0 Å². The SMILES string of the molecule is COc1cccc(-c2cc(-c3ccccc3)c(-c3ccccc3)c(O)c2-c2ccccc2)c1. The van der Waals surface area contributed by atoms with Crippen molar-refractivity contribution in [3.05, 3.63) is 121 Å². The Morgan fingerprint density at radius 1 is 0.485 bits per heavy atom. The van der Waals surface area contributed by atoms with Gasteiger partial charge in [0.25, 0.3) is 0 Å². The van der Waals surface area contributed by atoms with Crippen LogP contribution < -0.4 is 4.74 Å². The smallest absolute Gasteiger partial charge is 0.132 e. The fourth-order valence-corrected chi connectivity index (χ4v) is 4.33. The predicted octanol–water partition coefficient (Wildman–Crippen LogP) is 8.07. The normalized spacial score (nSPS) is 10.7. The van der Waals surface area contributed by atoms with Gasteiger partial charge >= 0.3 is 0 Å². The van der Waals surface area contributed by atoms with Crippen molar-refractivity contribution in [3.8, 4) is 56.0 Å². The fourth-order valence-electron chi connectivity index (χ4n) is 4.33. The van der Waals surface area contributed by atoms with Crippen LogP contribution in [0.2, 0.25) is 0 Å². The molecular formula is C31H24O2. The van der Waals surface area contributed by atoms with Crippen LogP contribution >= 0.6 is 0 Å². The minimum atomic E-state index is 0.270. The van der Waals surface area contributed by atoms with Gasteiger partial charge in [-0.25, -0.2) is 0 Å². The van der Waals surface area contributed by atoms with Crippen LogP contribution in [0, 0.1) is 0 Å². The molecule has 0 aliphatic rings. The zero-order valence-electron chi connectivity index (χ0n) is 18.4. The van der Waals surface area contributed by atoms with E-state index in [2.05, 4.69) is 24.3 Å². The molecule has 0 unspecified atom stereocenters. The number of phenolic OH excluding ortho intramolecular Hbond substituents is 1. The number of phenols is 1. The highest BCUT2D eigenvalue weighted by molar-refractivity contribution is 6.00. The molecule has 2 nitrogen and oxygen atoms in total. The Labute approximate surface area is 194 Å². The molecule has 0 fully saturated rings. The fraction of sp³-hybridized carbons (Fsp3) is 0.0323. The largest absolute Gasteiger partial charge is 0.507 e. The van der Waals surface area contributed by atoms with Crippen molar-refractivity contribution in [1.29, 1.82) is 0 Å². The summed E-state index contributed by atoms with van der Waals surface area (Å²) in [6.07, 6.45) is 0. The predicted molar refractivity (Wildman–Crippen MR) is 136 cm³/mol. The summed E-state index contributed by atoms with van der Waals surface area (Å²) in [4.78, 5) is 0. The first-order chi connectivity index (χ1) is 16.3. The van der Waals surface area contributed by atoms with E-state index >= 15 is 0 Å². The summed E-state index contributed by atoms with van der Waals surface area (Å²) in [5, 5.41) is 11.9. The molecule has 0 bridgehead atoms. The van der Waals surface area contributed by atoms with Crippen molar-refractivity contribution >= 4 is 0 Å². The molecule has 0 heterocycles. The number of hydrogen-bond donors (Lipinski definition) is 1. The molecule has 0 saturated carbocycles. The Kier molecular flexibility index (Phi) is 5.65. The van der Waals surface area contributed by atoms with Crippen LogP contribution in [0.4, 0.5) is 0 Å². The highest BCUT2D eigenvalue weighted by atomic mass is 16.5. The first kappa shape index (κ1) is 20.6. The molecule has 0 aromatic heterocycles. The maximum atomic E-state index is 11.9. The van der Waals surface area contributed by atoms with Crippen molar-refractivity contribution in [2.45, 2.75) is 0 Å². The van der Waals surface area contributed by atoms with E-state index in [1.807, 2.05) is 97.1 Å². The van der Waals surface area contributed by atoms with E-state index in [-0.39, 0.29) is 5.75 Å². The molecule has 160 valence electrons. The lowest BCUT2D eigenvalue weighted by Crippen LogP contribution is -1.94. The summed E-state index contributed by atoms with van der Waals surface area (Å²) in [6, 6.07) is 40.5. The van der Waals surface area contributed by atoms with E-state index < -0.39 is 0 Å². The lowest BCUT2D eigenvalue weighted by Gasteiger charge is -2.21. The van der Waals surface area contributed by atoms with Crippen LogP contribution in [0.3, 0.4) is 0 Å². The van der Waals surface area contributed by atoms with Gasteiger partial charge in [0.1, 0.15) is 11.5 Å². The minimum absolute atomic E-state index is 0.270. The summed E-state index contributed by atoms with van der Waals surface area (Å²) < 4.78 is 5.50. The van der Waals surface area contributed by atoms with E-state index in [1.165, 1.54) is 0 Å². The van der Waals surface area contributed by atoms with Gasteiger partial charge in [0.2, 0.25) is 0 Å². The van der Waals surface area contributed by atoms with Gasteiger partial charge in [-0.15, -0.1) is 0 Å². The lowest BCUT2D eigenvalue weighted by molar-refractivity contribution is 0.415. The van der Waals surface area contributed by atoms with Gasteiger partial charge in [0.15, 0.2) is 0 Å². The quantitative estimate of drug-likeness (QED) is 0.307. The van der Waals surface area contributed by atoms with E-state index in [9.17, 15) is 5.11 Å². The second-order valence-corrected chi connectivity index (χ2v) is 7.90. The van der Waals surface area contributed by atoms with Gasteiger partial charge in [-0.3, -0.25) is 0 Å². The molecule has 0 amide bonds. The Morgan fingerprint density at radius 2 is 0.939 bits per heavy atom. The van der Waals surface area contributed by atoms with Crippen molar-refractivity contribution in [1.82, 2.24) is 0 Å². The molecule has 0 aliphatic heterocycles. The van der Waals surface area contributed by atoms with E-state index in [4.69, 9.17) is 4.74 Å². The zero-order chi connectivity index (χ0) is 22.6. The van der Waals surface area contributed by atoms with Crippen molar-refractivity contribution in [2.75, 3.05) is 7.11 Å². The van der Waals surface area contributed by atoms with Crippen molar-refractivity contribution < 1.29 is 9.84 Å². The van der Waals surface area contributed by atoms with Crippen LogP contribution in [-0.4, -0.2) is 12.2 Å². The first-order valence-corrected chi connectivity index (χ1v) is 11.0. The summed E-state index contributed by atoms with van der Waals surface area (Å²) in [6.45, 7) is 0. The Bertz CT molecular complexity index is 1380. The van der Waals surface area contributed by atoms with Gasteiger partial charge in [-0.05, 0) is 51.6 Å². The van der Waals surface area contributed by atoms with Gasteiger partial charge < -0.3 is 9.84 Å². The molecule has 1 N–H and O–H groups in total. The Morgan fingerprint density at radius 3 is 1.45 bits per heavy atom. The number of ether oxygens (including phenoxy) is 1. The van der Waals surface area contributed by atoms with Gasteiger partial charge in [-0.1, -0.05) is 103 Å². The third-order valence-corrected chi connectivity index (χ3v) is 5.89. The highest BCUT2D eigenvalue weighted by Gasteiger charge is 2.22. The molecule has 0 radical (unpaired) electrons. The molecule has 0 saturated heterocycles. The molecule has 0 spiro atoms. The average Bonchev–Trinajstić information content (AvgIpc) is 2.89. The molecule has 5 aromatic rings. The first-order valence-electron chi connectivity index (χ1n) is 11.0. The summed E-state index contributed by atoms with van der Waals surface area (Å²) >= 11 is 0. The van der Waals surface area contributed by atoms with E-state index in [0.717, 1.165) is 50.3 Å². The Balaban J connectivity index is 1.90. The third-order valence-electron chi connectivity index (χ3n) is 5.89. The third kappa shape index (κ3) is 3.99. The van der Waals surface area contributed by atoms with Crippen LogP contribution in [0.15, 0.2) is 121 Å². The molecule has 5 rings (SSSR count). The summed E-state index contributed by atoms with van der Waals surface area (Å²) in [7, 11) is 1.67. The molecular weight excluding hydrogens is 404 g/mol. The van der Waals surface area contributed by atoms with Gasteiger partial charge in [0, 0.05) is 11.1 Å². The zero-order valence-corrected chi connectivity index (χ0v) is 18.4. The minimum Gasteiger partial charge on any atom is -0.507 e. The second-order valence-electron chi connectivity index (χ2n) is 7.90. The maximum absolute atomic E-state index is 11.9. The average molecular weight is 429 g/mol. The van der Waals surface area contributed by atoms with Gasteiger partial charge in [-0.2, -0.15) is 0 Å². The molecule has 0 atom stereocenters. The maximum Gasteiger partial charge on any atom is 0.132 e. The van der Waals surface area contributed by atoms with E-state index in [1.54, 1.807) is 7.11 Å². The summed E-state index contributed by atoms with van der Waals surface area (Å²) in [5.41, 5.74) is 7.55. The standard InChI is InChI=1S/C31H24O2/c1-33-26-19-11-18-25(20-26)28-21-27(22-12-5-2-6-13-22)29(23-14-7-3-8-15-23)31(32)30(28)24-16-9-4-10-17-24/h2-21,32H,1H3. The molecule has 33 heavy (non-hydrogen) atoms. The molecule has 2 heteroatoms. The molecule has 5 aromatic carbocycles. The molecule has 0 aliphatic carbocycles. The topological polar surface area (TPSA) is 29.5 Å². The van der Waals surface area contributed by atoms with Crippen LogP contribution in [0.1, 0.15) is 0 Å². The van der Waals surface area contributed by atoms with Crippen LogP contribution in [0.25, 0.3) is 44.5 Å².